The fourth-order valence-electron chi connectivity index (χ4n) is 4.50. The summed E-state index contributed by atoms with van der Waals surface area (Å²) in [6.07, 6.45) is 1.97. The Morgan fingerprint density at radius 3 is 2.36 bits per heavy atom. The third-order valence-electron chi connectivity index (χ3n) is 6.15. The number of benzene rings is 3. The molecule has 36 heavy (non-hydrogen) atoms. The zero-order valence-corrected chi connectivity index (χ0v) is 20.0. The van der Waals surface area contributed by atoms with Crippen LogP contribution in [0.15, 0.2) is 70.1 Å². The van der Waals surface area contributed by atoms with Gasteiger partial charge in [-0.2, -0.15) is 0 Å². The SMILES string of the molecule is COc1cc(C[n+]2cn(Cc3cc(=O)oc4c(O)c(O)ccc34)c3ccccc32)cc(OC)c1OC. The van der Waals surface area contributed by atoms with Crippen LogP contribution < -0.4 is 24.4 Å². The molecule has 2 aromatic heterocycles. The first kappa shape index (κ1) is 23.1. The Balaban J connectivity index is 1.60. The molecule has 0 atom stereocenters. The van der Waals surface area contributed by atoms with Crippen molar-refractivity contribution in [3.05, 3.63) is 82.5 Å². The minimum absolute atomic E-state index is 0.0424. The molecule has 9 heteroatoms. The topological polar surface area (TPSA) is 107 Å². The van der Waals surface area contributed by atoms with Gasteiger partial charge in [-0.05, 0) is 36.4 Å². The maximum Gasteiger partial charge on any atom is 0.336 e. The number of phenols is 2. The van der Waals surface area contributed by atoms with Crippen LogP contribution in [0.3, 0.4) is 0 Å². The molecule has 0 amide bonds. The summed E-state index contributed by atoms with van der Waals surface area (Å²) in [5.41, 5.74) is 2.88. The number of aromatic nitrogens is 2. The number of ether oxygens (including phenoxy) is 3. The molecule has 5 aromatic rings. The predicted molar refractivity (Wildman–Crippen MR) is 132 cm³/mol. The number of phenolic OH excluding ortho intramolecular Hbond substituents is 2. The number of imidazole rings is 1. The predicted octanol–water partition coefficient (Wildman–Crippen LogP) is 3.57. The lowest BCUT2D eigenvalue weighted by molar-refractivity contribution is -0.663. The summed E-state index contributed by atoms with van der Waals surface area (Å²) in [6, 6.07) is 16.1. The highest BCUT2D eigenvalue weighted by atomic mass is 16.5. The van der Waals surface area contributed by atoms with E-state index in [0.717, 1.165) is 16.6 Å². The van der Waals surface area contributed by atoms with Crippen LogP contribution in [0.4, 0.5) is 0 Å². The van der Waals surface area contributed by atoms with Gasteiger partial charge in [0.2, 0.25) is 17.8 Å². The first-order valence-corrected chi connectivity index (χ1v) is 11.2. The van der Waals surface area contributed by atoms with Crippen LogP contribution >= 0.6 is 0 Å². The van der Waals surface area contributed by atoms with E-state index in [1.54, 1.807) is 27.4 Å². The highest BCUT2D eigenvalue weighted by Crippen LogP contribution is 2.38. The average molecular weight is 490 g/mol. The molecule has 0 saturated carbocycles. The zero-order valence-electron chi connectivity index (χ0n) is 20.0. The number of para-hydroxylation sites is 2. The van der Waals surface area contributed by atoms with E-state index in [-0.39, 0.29) is 11.3 Å². The molecule has 184 valence electrons. The van der Waals surface area contributed by atoms with Gasteiger partial charge in [0.05, 0.1) is 21.3 Å². The van der Waals surface area contributed by atoms with Crippen LogP contribution in [0.5, 0.6) is 28.7 Å². The Morgan fingerprint density at radius 2 is 1.67 bits per heavy atom. The van der Waals surface area contributed by atoms with Crippen molar-refractivity contribution in [2.24, 2.45) is 0 Å². The summed E-state index contributed by atoms with van der Waals surface area (Å²) >= 11 is 0. The van der Waals surface area contributed by atoms with E-state index in [1.807, 2.05) is 47.3 Å². The monoisotopic (exact) mass is 489 g/mol. The summed E-state index contributed by atoms with van der Waals surface area (Å²) in [7, 11) is 4.73. The van der Waals surface area contributed by atoms with Crippen molar-refractivity contribution in [3.63, 3.8) is 0 Å². The van der Waals surface area contributed by atoms with Crippen LogP contribution in [0, 0.1) is 0 Å². The summed E-state index contributed by atoms with van der Waals surface area (Å²) in [4.78, 5) is 12.2. The Labute approximate surface area is 205 Å². The fraction of sp³-hybridized carbons (Fsp3) is 0.185. The van der Waals surface area contributed by atoms with Crippen LogP contribution in [0.1, 0.15) is 11.1 Å². The van der Waals surface area contributed by atoms with Crippen molar-refractivity contribution in [3.8, 4) is 28.7 Å². The molecule has 0 unspecified atom stereocenters. The van der Waals surface area contributed by atoms with Crippen molar-refractivity contribution >= 4 is 22.0 Å². The number of methoxy groups -OCH3 is 3. The molecule has 0 radical (unpaired) electrons. The van der Waals surface area contributed by atoms with Crippen LogP contribution in [-0.2, 0) is 13.1 Å². The van der Waals surface area contributed by atoms with Crippen molar-refractivity contribution in [2.75, 3.05) is 21.3 Å². The molecule has 0 saturated heterocycles. The number of fused-ring (bicyclic) bond motifs is 2. The zero-order chi connectivity index (χ0) is 25.4. The van der Waals surface area contributed by atoms with Crippen molar-refractivity contribution < 1.29 is 33.4 Å². The van der Waals surface area contributed by atoms with E-state index in [2.05, 4.69) is 4.57 Å². The Morgan fingerprint density at radius 1 is 0.944 bits per heavy atom. The van der Waals surface area contributed by atoms with E-state index in [4.69, 9.17) is 18.6 Å². The van der Waals surface area contributed by atoms with Gasteiger partial charge in [0, 0.05) is 22.6 Å². The van der Waals surface area contributed by atoms with Crippen LogP contribution in [-0.4, -0.2) is 36.1 Å². The quantitative estimate of drug-likeness (QED) is 0.204. The number of rotatable bonds is 7. The first-order valence-electron chi connectivity index (χ1n) is 11.2. The number of nitrogens with zero attached hydrogens (tertiary/aromatic N) is 2. The lowest BCUT2D eigenvalue weighted by atomic mass is 10.1. The summed E-state index contributed by atoms with van der Waals surface area (Å²) < 4.78 is 25.7. The molecule has 3 aromatic carbocycles. The Bertz CT molecular complexity index is 1630. The molecule has 0 fully saturated rings. The highest BCUT2D eigenvalue weighted by molar-refractivity contribution is 5.87. The Kier molecular flexibility index (Phi) is 5.89. The molecule has 2 heterocycles. The third kappa shape index (κ3) is 3.94. The minimum Gasteiger partial charge on any atom is -0.504 e. The van der Waals surface area contributed by atoms with E-state index >= 15 is 0 Å². The van der Waals surface area contributed by atoms with Crippen LogP contribution in [0.2, 0.25) is 0 Å². The number of aromatic hydroxyl groups is 2. The highest BCUT2D eigenvalue weighted by Gasteiger charge is 2.21. The van der Waals surface area contributed by atoms with E-state index in [1.165, 1.54) is 12.1 Å². The van der Waals surface area contributed by atoms with Crippen LogP contribution in [0.25, 0.3) is 22.0 Å². The molecule has 0 bridgehead atoms. The van der Waals surface area contributed by atoms with Gasteiger partial charge in [-0.15, -0.1) is 0 Å². The molecular formula is C27H25N2O7+. The first-order chi connectivity index (χ1) is 17.4. The normalized spacial score (nSPS) is 11.2. The lowest BCUT2D eigenvalue weighted by Crippen LogP contribution is -2.32. The second kappa shape index (κ2) is 9.18. The second-order valence-corrected chi connectivity index (χ2v) is 8.29. The summed E-state index contributed by atoms with van der Waals surface area (Å²) in [5, 5.41) is 20.6. The van der Waals surface area contributed by atoms with Crippen molar-refractivity contribution in [2.45, 2.75) is 13.1 Å². The number of hydrogen-bond acceptors (Lipinski definition) is 7. The van der Waals surface area contributed by atoms with Gasteiger partial charge in [-0.3, -0.25) is 0 Å². The molecule has 0 spiro atoms. The molecular weight excluding hydrogens is 464 g/mol. The van der Waals surface area contributed by atoms with E-state index in [0.29, 0.717) is 41.3 Å². The maximum absolute atomic E-state index is 12.2. The summed E-state index contributed by atoms with van der Waals surface area (Å²) in [6.45, 7) is 0.867. The van der Waals surface area contributed by atoms with Gasteiger partial charge in [-0.25, -0.2) is 13.9 Å². The van der Waals surface area contributed by atoms with Gasteiger partial charge in [0.15, 0.2) is 33.9 Å². The van der Waals surface area contributed by atoms with Gasteiger partial charge >= 0.3 is 5.63 Å². The standard InChI is InChI=1S/C27H24N2O7/c1-33-22-10-16(11-23(34-2)27(22)35-3)13-28-15-29(20-7-5-4-6-19(20)28)14-17-12-24(31)36-26-18(17)8-9-21(30)25(26)32/h4-12,15H,13-14H2,1-3H3,(H-,30,31,32)/p+1. The Hall–Kier alpha value is -4.66. The number of hydrogen-bond donors (Lipinski definition) is 2. The molecule has 9 nitrogen and oxygen atoms in total. The fourth-order valence-corrected chi connectivity index (χ4v) is 4.50. The van der Waals surface area contributed by atoms with Gasteiger partial charge in [0.1, 0.15) is 13.1 Å². The van der Waals surface area contributed by atoms with Crippen molar-refractivity contribution in [1.82, 2.24) is 4.57 Å². The van der Waals surface area contributed by atoms with E-state index in [9.17, 15) is 15.0 Å². The molecule has 2 N–H and O–H groups in total. The second-order valence-electron chi connectivity index (χ2n) is 8.29. The molecule has 0 aliphatic heterocycles. The van der Waals surface area contributed by atoms with Gasteiger partial charge in [0.25, 0.3) is 0 Å². The third-order valence-corrected chi connectivity index (χ3v) is 6.15. The molecule has 5 rings (SSSR count). The lowest BCUT2D eigenvalue weighted by Gasteiger charge is -2.13. The average Bonchev–Trinajstić information content (AvgIpc) is 3.22. The molecule has 0 aliphatic carbocycles. The summed E-state index contributed by atoms with van der Waals surface area (Å²) in [5.74, 6) is 0.863. The maximum atomic E-state index is 12.2. The van der Waals surface area contributed by atoms with Gasteiger partial charge in [-0.1, -0.05) is 12.1 Å². The van der Waals surface area contributed by atoms with E-state index < -0.39 is 11.4 Å². The minimum atomic E-state index is -0.611. The van der Waals surface area contributed by atoms with Crippen molar-refractivity contribution in [1.29, 1.82) is 0 Å². The molecule has 0 aliphatic rings. The van der Waals surface area contributed by atoms with Gasteiger partial charge < -0.3 is 28.8 Å². The largest absolute Gasteiger partial charge is 0.504 e. The smallest absolute Gasteiger partial charge is 0.336 e.